The summed E-state index contributed by atoms with van der Waals surface area (Å²) in [6, 6.07) is 7.97. The molecule has 26 heavy (non-hydrogen) atoms. The Bertz CT molecular complexity index is 587. The third-order valence-corrected chi connectivity index (χ3v) is 4.38. The fourth-order valence-corrected chi connectivity index (χ4v) is 2.64. The summed E-state index contributed by atoms with van der Waals surface area (Å²) in [5, 5.41) is 5.65. The summed E-state index contributed by atoms with van der Waals surface area (Å²) in [5.74, 6) is -0.143. The lowest BCUT2D eigenvalue weighted by Crippen LogP contribution is -2.37. The highest BCUT2D eigenvalue weighted by atomic mass is 16.5. The number of rotatable bonds is 7. The average Bonchev–Trinajstić information content (AvgIpc) is 2.61. The molecule has 0 bridgehead atoms. The normalized spacial score (nSPS) is 15.5. The molecule has 1 heterocycles. The van der Waals surface area contributed by atoms with Crippen molar-refractivity contribution in [3.05, 3.63) is 29.8 Å². The number of hydrogen-bond acceptors (Lipinski definition) is 4. The number of carbonyl (C=O) groups excluding carboxylic acids is 2. The smallest absolute Gasteiger partial charge is 0.226 e. The van der Waals surface area contributed by atoms with Gasteiger partial charge in [-0.1, -0.05) is 32.9 Å². The minimum absolute atomic E-state index is 0.0464. The molecule has 1 aliphatic rings. The van der Waals surface area contributed by atoms with E-state index < -0.39 is 5.41 Å². The Hall–Kier alpha value is -1.92. The van der Waals surface area contributed by atoms with E-state index in [0.29, 0.717) is 6.54 Å². The van der Waals surface area contributed by atoms with Crippen LogP contribution in [0, 0.1) is 5.41 Å². The molecule has 0 atom stereocenters. The summed E-state index contributed by atoms with van der Waals surface area (Å²) >= 11 is 0. The largest absolute Gasteiger partial charge is 0.379 e. The minimum Gasteiger partial charge on any atom is -0.379 e. The zero-order valence-corrected chi connectivity index (χ0v) is 16.1. The van der Waals surface area contributed by atoms with Crippen LogP contribution < -0.4 is 10.6 Å². The van der Waals surface area contributed by atoms with E-state index in [4.69, 9.17) is 4.74 Å². The van der Waals surface area contributed by atoms with Crippen molar-refractivity contribution in [3.63, 3.8) is 0 Å². The van der Waals surface area contributed by atoms with Crippen LogP contribution in [-0.2, 0) is 20.7 Å². The Labute approximate surface area is 156 Å². The molecule has 1 aromatic rings. The highest BCUT2D eigenvalue weighted by Crippen LogP contribution is 2.13. The molecule has 144 valence electrons. The van der Waals surface area contributed by atoms with Gasteiger partial charge in [-0.3, -0.25) is 14.5 Å². The van der Waals surface area contributed by atoms with E-state index in [2.05, 4.69) is 27.7 Å². The minimum atomic E-state index is -0.437. The number of ether oxygens (including phenoxy) is 1. The number of nitrogens with zero attached hydrogens (tertiary/aromatic N) is 1. The number of carbonyl (C=O) groups is 2. The summed E-state index contributed by atoms with van der Waals surface area (Å²) in [6.07, 6.45) is 1.26. The lowest BCUT2D eigenvalue weighted by Gasteiger charge is -2.26. The molecule has 0 spiro atoms. The molecule has 1 aromatic carbocycles. The van der Waals surface area contributed by atoms with Crippen LogP contribution in [0.3, 0.4) is 0 Å². The molecular formula is C20H31N3O3. The number of benzene rings is 1. The van der Waals surface area contributed by atoms with E-state index in [1.54, 1.807) is 0 Å². The number of amides is 2. The van der Waals surface area contributed by atoms with Gasteiger partial charge in [0.05, 0.1) is 13.2 Å². The van der Waals surface area contributed by atoms with Crippen LogP contribution in [0.4, 0.5) is 5.69 Å². The molecule has 2 amide bonds. The van der Waals surface area contributed by atoms with Crippen molar-refractivity contribution in [3.8, 4) is 0 Å². The van der Waals surface area contributed by atoms with Crippen molar-refractivity contribution in [1.82, 2.24) is 10.2 Å². The second-order valence-corrected chi connectivity index (χ2v) is 7.71. The zero-order valence-electron chi connectivity index (χ0n) is 16.1. The van der Waals surface area contributed by atoms with Gasteiger partial charge in [0, 0.05) is 43.7 Å². The van der Waals surface area contributed by atoms with Crippen molar-refractivity contribution in [1.29, 1.82) is 0 Å². The maximum Gasteiger partial charge on any atom is 0.226 e. The summed E-state index contributed by atoms with van der Waals surface area (Å²) in [6.45, 7) is 10.6. The molecule has 1 aliphatic heterocycles. The molecule has 1 fully saturated rings. The third kappa shape index (κ3) is 7.14. The van der Waals surface area contributed by atoms with Crippen LogP contribution in [-0.4, -0.2) is 56.1 Å². The lowest BCUT2D eigenvalue weighted by atomic mass is 9.96. The van der Waals surface area contributed by atoms with Crippen molar-refractivity contribution in [2.75, 3.05) is 44.7 Å². The van der Waals surface area contributed by atoms with Crippen LogP contribution in [0.15, 0.2) is 24.3 Å². The maximum atomic E-state index is 12.0. The second-order valence-electron chi connectivity index (χ2n) is 7.71. The monoisotopic (exact) mass is 361 g/mol. The van der Waals surface area contributed by atoms with Gasteiger partial charge >= 0.3 is 0 Å². The fourth-order valence-electron chi connectivity index (χ4n) is 2.64. The first-order valence-corrected chi connectivity index (χ1v) is 9.32. The van der Waals surface area contributed by atoms with E-state index in [-0.39, 0.29) is 18.2 Å². The van der Waals surface area contributed by atoms with E-state index >= 15 is 0 Å². The topological polar surface area (TPSA) is 70.7 Å². The predicted molar refractivity (Wildman–Crippen MR) is 103 cm³/mol. The number of morpholine rings is 1. The molecule has 0 aliphatic carbocycles. The van der Waals surface area contributed by atoms with Crippen molar-refractivity contribution >= 4 is 17.5 Å². The summed E-state index contributed by atoms with van der Waals surface area (Å²) < 4.78 is 5.36. The highest BCUT2D eigenvalue weighted by molar-refractivity contribution is 5.91. The van der Waals surface area contributed by atoms with E-state index in [1.807, 2.05) is 32.9 Å². The third-order valence-electron chi connectivity index (χ3n) is 4.38. The average molecular weight is 361 g/mol. The van der Waals surface area contributed by atoms with E-state index in [1.165, 1.54) is 5.56 Å². The van der Waals surface area contributed by atoms with Crippen LogP contribution in [0.25, 0.3) is 0 Å². The molecular weight excluding hydrogens is 330 g/mol. The SMILES string of the molecule is CC(C)(C)C(=O)NCCC(=O)Nc1ccc(CCN2CCOCC2)cc1. The van der Waals surface area contributed by atoms with Crippen molar-refractivity contribution in [2.45, 2.75) is 33.6 Å². The van der Waals surface area contributed by atoms with Crippen molar-refractivity contribution in [2.24, 2.45) is 5.41 Å². The second kappa shape index (κ2) is 9.69. The van der Waals surface area contributed by atoms with E-state index in [0.717, 1.165) is 45.0 Å². The molecule has 2 N–H and O–H groups in total. The number of anilines is 1. The summed E-state index contributed by atoms with van der Waals surface area (Å²) in [4.78, 5) is 26.2. The molecule has 6 heteroatoms. The molecule has 0 saturated carbocycles. The predicted octanol–water partition coefficient (Wildman–Crippen LogP) is 2.05. The Morgan fingerprint density at radius 3 is 2.38 bits per heavy atom. The molecule has 6 nitrogen and oxygen atoms in total. The quantitative estimate of drug-likeness (QED) is 0.780. The number of hydrogen-bond donors (Lipinski definition) is 2. The Morgan fingerprint density at radius 1 is 1.12 bits per heavy atom. The first-order valence-electron chi connectivity index (χ1n) is 9.32. The molecule has 1 saturated heterocycles. The van der Waals surface area contributed by atoms with E-state index in [9.17, 15) is 9.59 Å². The van der Waals surface area contributed by atoms with Gasteiger partial charge in [0.15, 0.2) is 0 Å². The maximum absolute atomic E-state index is 12.0. The molecule has 0 aromatic heterocycles. The molecule has 0 unspecified atom stereocenters. The zero-order chi connectivity index (χ0) is 19.0. The van der Waals surface area contributed by atoms with Crippen LogP contribution in [0.5, 0.6) is 0 Å². The van der Waals surface area contributed by atoms with Crippen LogP contribution >= 0.6 is 0 Å². The van der Waals surface area contributed by atoms with Crippen molar-refractivity contribution < 1.29 is 14.3 Å². The van der Waals surface area contributed by atoms with Gasteiger partial charge < -0.3 is 15.4 Å². The molecule has 2 rings (SSSR count). The van der Waals surface area contributed by atoms with Gasteiger partial charge in [0.25, 0.3) is 0 Å². The van der Waals surface area contributed by atoms with Crippen LogP contribution in [0.1, 0.15) is 32.8 Å². The lowest BCUT2D eigenvalue weighted by molar-refractivity contribution is -0.128. The Balaban J connectivity index is 1.69. The first kappa shape index (κ1) is 20.4. The standard InChI is InChI=1S/C20H31N3O3/c1-20(2,3)19(25)21-10-8-18(24)22-17-6-4-16(5-7-17)9-11-23-12-14-26-15-13-23/h4-7H,8-15H2,1-3H3,(H,21,25)(H,22,24). The van der Waals surface area contributed by atoms with Gasteiger partial charge in [-0.15, -0.1) is 0 Å². The van der Waals surface area contributed by atoms with Gasteiger partial charge in [-0.05, 0) is 24.1 Å². The van der Waals surface area contributed by atoms with Gasteiger partial charge in [-0.25, -0.2) is 0 Å². The fraction of sp³-hybridized carbons (Fsp3) is 0.600. The first-order chi connectivity index (χ1) is 12.3. The summed E-state index contributed by atoms with van der Waals surface area (Å²) in [5.41, 5.74) is 1.60. The van der Waals surface area contributed by atoms with Gasteiger partial charge in [0.1, 0.15) is 0 Å². The summed E-state index contributed by atoms with van der Waals surface area (Å²) in [7, 11) is 0. The van der Waals surface area contributed by atoms with Crippen LogP contribution in [0.2, 0.25) is 0 Å². The van der Waals surface area contributed by atoms with Gasteiger partial charge in [0.2, 0.25) is 11.8 Å². The number of nitrogens with one attached hydrogen (secondary N) is 2. The molecule has 0 radical (unpaired) electrons. The highest BCUT2D eigenvalue weighted by Gasteiger charge is 2.20. The Morgan fingerprint density at radius 2 is 1.77 bits per heavy atom. The van der Waals surface area contributed by atoms with Gasteiger partial charge in [-0.2, -0.15) is 0 Å². The Kier molecular flexibility index (Phi) is 7.60.